The molecule has 0 aromatic heterocycles. The van der Waals surface area contributed by atoms with E-state index in [2.05, 4.69) is 172 Å². The van der Waals surface area contributed by atoms with Crippen molar-refractivity contribution >= 4 is 38.6 Å². The van der Waals surface area contributed by atoms with Crippen molar-refractivity contribution in [1.82, 2.24) is 0 Å². The fraction of sp³-hybridized carbons (Fsp3) is 0.170. The molecule has 3 aliphatic carbocycles. The van der Waals surface area contributed by atoms with Gasteiger partial charge in [0.25, 0.3) is 0 Å². The first-order valence-corrected chi connectivity index (χ1v) is 19.2. The normalized spacial score (nSPS) is 18.9. The third kappa shape index (κ3) is 4.10. The molecule has 0 bridgehead atoms. The Kier molecular flexibility index (Phi) is 5.61. The molecule has 1 atom stereocenters. The van der Waals surface area contributed by atoms with Crippen LogP contribution >= 0.6 is 0 Å². The van der Waals surface area contributed by atoms with Crippen LogP contribution in [-0.2, 0) is 16.2 Å². The van der Waals surface area contributed by atoms with Gasteiger partial charge in [0.05, 0.1) is 0 Å². The zero-order valence-corrected chi connectivity index (χ0v) is 31.4. The number of anilines is 3. The number of hydrogen-bond acceptors (Lipinski definition) is 1. The van der Waals surface area contributed by atoms with E-state index in [1.54, 1.807) is 0 Å². The summed E-state index contributed by atoms with van der Waals surface area (Å²) in [5, 5.41) is 4.30. The first kappa shape index (κ1) is 28.6. The molecule has 0 spiro atoms. The Balaban J connectivity index is 1.06. The lowest BCUT2D eigenvalue weighted by Crippen LogP contribution is -2.18. The molecule has 8 aromatic carbocycles. The third-order valence-electron chi connectivity index (χ3n) is 13.1. The average Bonchev–Trinajstić information content (AvgIpc) is 3.72. The molecule has 0 N–H and O–H groups in total. The second kappa shape index (κ2) is 10.6. The number of hydrogen-bond donors (Lipinski definition) is 0. The van der Waals surface area contributed by atoms with Crippen LogP contribution in [0.1, 0.15) is 79.0 Å². The molecule has 260 valence electrons. The molecular formula is C53H43N. The van der Waals surface area contributed by atoms with E-state index in [9.17, 15) is 0 Å². The largest absolute Gasteiger partial charge is 0.310 e. The standard InChI is InChI=1S/C53H43N/c1-51(2)43-15-9-7-13-39(43)41-26-24-37(30-46(41)51)54(38-25-27-42-40-14-8-10-16-44(40)52(3,4)47(42)31-38)36-22-20-32(21-23-36)35-28-34-19-18-33-12-11-17-45-49(33)50(34)48(29-35)53(45,5)6/h7-31H,1-6H3/i5D3. The van der Waals surface area contributed by atoms with Crippen LogP contribution in [0.3, 0.4) is 0 Å². The van der Waals surface area contributed by atoms with Crippen LogP contribution in [-0.4, -0.2) is 0 Å². The van der Waals surface area contributed by atoms with Crippen molar-refractivity contribution < 1.29 is 4.11 Å². The topological polar surface area (TPSA) is 3.24 Å². The summed E-state index contributed by atoms with van der Waals surface area (Å²) >= 11 is 0. The van der Waals surface area contributed by atoms with Crippen LogP contribution in [0.2, 0.25) is 0 Å². The highest BCUT2D eigenvalue weighted by atomic mass is 15.1. The predicted octanol–water partition coefficient (Wildman–Crippen LogP) is 14.4. The second-order valence-corrected chi connectivity index (χ2v) is 16.9. The van der Waals surface area contributed by atoms with Gasteiger partial charge in [0.1, 0.15) is 0 Å². The first-order chi connectivity index (χ1) is 27.3. The van der Waals surface area contributed by atoms with E-state index in [1.165, 1.54) is 44.5 Å². The Morgan fingerprint density at radius 2 is 0.889 bits per heavy atom. The summed E-state index contributed by atoms with van der Waals surface area (Å²) in [6, 6.07) is 55.2. The molecule has 0 amide bonds. The minimum atomic E-state index is -2.21. The minimum absolute atomic E-state index is 0.134. The molecule has 54 heavy (non-hydrogen) atoms. The van der Waals surface area contributed by atoms with E-state index in [-0.39, 0.29) is 10.8 Å². The molecule has 11 rings (SSSR count). The highest BCUT2D eigenvalue weighted by molar-refractivity contribution is 6.15. The van der Waals surface area contributed by atoms with Crippen LogP contribution in [0.4, 0.5) is 17.1 Å². The van der Waals surface area contributed by atoms with Gasteiger partial charge < -0.3 is 4.90 Å². The molecule has 0 radical (unpaired) electrons. The van der Waals surface area contributed by atoms with Crippen LogP contribution < -0.4 is 4.90 Å². The van der Waals surface area contributed by atoms with Gasteiger partial charge in [-0.15, -0.1) is 0 Å². The van der Waals surface area contributed by atoms with E-state index >= 15 is 0 Å². The van der Waals surface area contributed by atoms with Crippen LogP contribution in [0.5, 0.6) is 0 Å². The molecule has 1 nitrogen and oxygen atoms in total. The zero-order chi connectivity index (χ0) is 39.2. The molecule has 0 saturated carbocycles. The smallest absolute Gasteiger partial charge is 0.0465 e. The molecule has 1 heteroatoms. The Labute approximate surface area is 322 Å². The lowest BCUT2D eigenvalue weighted by molar-refractivity contribution is 0.660. The fourth-order valence-corrected chi connectivity index (χ4v) is 10.3. The van der Waals surface area contributed by atoms with Gasteiger partial charge in [0.2, 0.25) is 0 Å². The van der Waals surface area contributed by atoms with Gasteiger partial charge in [-0.1, -0.05) is 145 Å². The monoisotopic (exact) mass is 696 g/mol. The number of rotatable bonds is 4. The van der Waals surface area contributed by atoms with Crippen molar-refractivity contribution in [2.75, 3.05) is 4.90 Å². The van der Waals surface area contributed by atoms with Crippen LogP contribution in [0.25, 0.3) is 54.9 Å². The molecule has 0 fully saturated rings. The Hall–Kier alpha value is -5.92. The van der Waals surface area contributed by atoms with E-state index in [1.807, 2.05) is 19.1 Å². The predicted molar refractivity (Wildman–Crippen MR) is 229 cm³/mol. The summed E-state index contributed by atoms with van der Waals surface area (Å²) < 4.78 is 26.4. The Morgan fingerprint density at radius 3 is 1.50 bits per heavy atom. The van der Waals surface area contributed by atoms with Crippen molar-refractivity contribution in [1.29, 1.82) is 0 Å². The van der Waals surface area contributed by atoms with Gasteiger partial charge in [-0.2, -0.15) is 0 Å². The summed E-state index contributed by atoms with van der Waals surface area (Å²) in [5.41, 5.74) is 16.4. The summed E-state index contributed by atoms with van der Waals surface area (Å²) in [4.78, 5) is 2.40. The summed E-state index contributed by atoms with van der Waals surface area (Å²) in [7, 11) is 0. The summed E-state index contributed by atoms with van der Waals surface area (Å²) in [6.07, 6.45) is 0. The van der Waals surface area contributed by atoms with E-state index < -0.39 is 12.3 Å². The van der Waals surface area contributed by atoms with Gasteiger partial charge in [-0.25, -0.2) is 0 Å². The average molecular weight is 697 g/mol. The van der Waals surface area contributed by atoms with Crippen molar-refractivity contribution in [3.8, 4) is 33.4 Å². The molecule has 3 aliphatic rings. The first-order valence-electron chi connectivity index (χ1n) is 20.7. The summed E-state index contributed by atoms with van der Waals surface area (Å²) in [6.45, 7) is 9.04. The van der Waals surface area contributed by atoms with E-state index in [4.69, 9.17) is 4.11 Å². The molecule has 0 aliphatic heterocycles. The lowest BCUT2D eigenvalue weighted by Gasteiger charge is -2.30. The maximum atomic E-state index is 8.79. The minimum Gasteiger partial charge on any atom is -0.310 e. The third-order valence-corrected chi connectivity index (χ3v) is 13.1. The van der Waals surface area contributed by atoms with Crippen LogP contribution in [0, 0.1) is 0 Å². The van der Waals surface area contributed by atoms with Gasteiger partial charge >= 0.3 is 0 Å². The van der Waals surface area contributed by atoms with E-state index in [0.717, 1.165) is 60.9 Å². The van der Waals surface area contributed by atoms with Crippen molar-refractivity contribution in [2.24, 2.45) is 0 Å². The highest BCUT2D eigenvalue weighted by Gasteiger charge is 2.38. The van der Waals surface area contributed by atoms with Gasteiger partial charge in [0, 0.05) is 37.4 Å². The molecular weight excluding hydrogens is 651 g/mol. The molecule has 0 heterocycles. The maximum absolute atomic E-state index is 8.79. The number of benzene rings is 8. The van der Waals surface area contributed by atoms with Crippen molar-refractivity contribution in [3.05, 3.63) is 185 Å². The van der Waals surface area contributed by atoms with Crippen LogP contribution in [0.15, 0.2) is 152 Å². The second-order valence-electron chi connectivity index (χ2n) is 16.9. The van der Waals surface area contributed by atoms with Gasteiger partial charge in [0.15, 0.2) is 0 Å². The van der Waals surface area contributed by atoms with E-state index in [0.29, 0.717) is 0 Å². The SMILES string of the molecule is [2H]C([2H])([2H])C1(C)c2cccc3ccc4cc(-c5ccc(N(c6ccc7c(c6)C(C)(C)c6ccccc6-7)c6ccc7c(c6)C(C)(C)c6ccccc6-7)cc5)cc1c4c23. The van der Waals surface area contributed by atoms with Crippen molar-refractivity contribution in [2.45, 2.75) is 57.7 Å². The zero-order valence-electron chi connectivity index (χ0n) is 34.4. The molecule has 0 saturated heterocycles. The number of fused-ring (bicyclic) bond motifs is 6. The lowest BCUT2D eigenvalue weighted by atomic mass is 9.81. The van der Waals surface area contributed by atoms with Gasteiger partial charge in [-0.05, 0) is 137 Å². The van der Waals surface area contributed by atoms with Gasteiger partial charge in [-0.3, -0.25) is 0 Å². The molecule has 8 aromatic rings. The number of nitrogens with zero attached hydrogens (tertiary/aromatic N) is 1. The maximum Gasteiger partial charge on any atom is 0.0465 e. The highest BCUT2D eigenvalue weighted by Crippen LogP contribution is 2.54. The quantitative estimate of drug-likeness (QED) is 0.166. The van der Waals surface area contributed by atoms with Crippen molar-refractivity contribution in [3.63, 3.8) is 0 Å². The molecule has 1 unspecified atom stereocenters. The summed E-state index contributed by atoms with van der Waals surface area (Å²) in [5.74, 6) is 0. The fourth-order valence-electron chi connectivity index (χ4n) is 10.3. The Morgan fingerprint density at radius 1 is 0.370 bits per heavy atom. The Bertz CT molecular complexity index is 2910.